The van der Waals surface area contributed by atoms with Crippen LogP contribution in [0.5, 0.6) is 11.5 Å². The van der Waals surface area contributed by atoms with Gasteiger partial charge >= 0.3 is 0 Å². The number of quaternary nitrogens is 1. The van der Waals surface area contributed by atoms with Crippen molar-refractivity contribution < 1.29 is 19.2 Å². The van der Waals surface area contributed by atoms with Crippen LogP contribution in [-0.4, -0.2) is 52.3 Å². The summed E-state index contributed by atoms with van der Waals surface area (Å²) < 4.78 is 11.8. The van der Waals surface area contributed by atoms with E-state index in [2.05, 4.69) is 40.1 Å². The number of ether oxygens (including phenoxy) is 2. The number of carbonyl (C=O) groups excluding carboxylic acids is 1. The summed E-state index contributed by atoms with van der Waals surface area (Å²) in [5, 5.41) is 0.718. The molecule has 0 spiro atoms. The minimum atomic E-state index is -0.103. The van der Waals surface area contributed by atoms with E-state index in [-0.39, 0.29) is 5.91 Å². The summed E-state index contributed by atoms with van der Waals surface area (Å²) in [6, 6.07) is 9.49. The summed E-state index contributed by atoms with van der Waals surface area (Å²) >= 11 is 1.55. The second kappa shape index (κ2) is 9.45. The summed E-state index contributed by atoms with van der Waals surface area (Å²) in [7, 11) is 7.39. The van der Waals surface area contributed by atoms with Crippen molar-refractivity contribution >= 4 is 32.6 Å². The third-order valence-corrected chi connectivity index (χ3v) is 6.17. The number of carbonyl (C=O) groups is 1. The minimum Gasteiger partial charge on any atom is -0.497 e. The molecule has 30 heavy (non-hydrogen) atoms. The number of benzene rings is 2. The maximum absolute atomic E-state index is 13.5. The molecule has 1 heterocycles. The zero-order chi connectivity index (χ0) is 21.8. The first-order valence-corrected chi connectivity index (χ1v) is 10.9. The van der Waals surface area contributed by atoms with Crippen LogP contribution in [0, 0.1) is 13.8 Å². The standard InChI is InChI=1S/C23H29N3O3S/c1-15-10-20-21(11-16(15)2)30-23(24-20)26(9-7-8-25(3)4)22(27)17-12-18(28-5)14-19(13-17)29-6/h10-14H,7-9H2,1-6H3/p+1. The lowest BCUT2D eigenvalue weighted by Gasteiger charge is -2.21. The molecule has 0 aliphatic carbocycles. The number of hydrogen-bond donors (Lipinski definition) is 1. The van der Waals surface area contributed by atoms with Crippen LogP contribution in [-0.2, 0) is 0 Å². The molecule has 2 aromatic carbocycles. The van der Waals surface area contributed by atoms with Gasteiger partial charge in [-0.25, -0.2) is 4.98 Å². The lowest BCUT2D eigenvalue weighted by molar-refractivity contribution is -0.858. The molecule has 0 fully saturated rings. The van der Waals surface area contributed by atoms with Crippen LogP contribution < -0.4 is 19.3 Å². The molecule has 0 unspecified atom stereocenters. The predicted molar refractivity (Wildman–Crippen MR) is 123 cm³/mol. The zero-order valence-electron chi connectivity index (χ0n) is 18.5. The van der Waals surface area contributed by atoms with Crippen LogP contribution in [0.3, 0.4) is 0 Å². The van der Waals surface area contributed by atoms with Gasteiger partial charge in [0.2, 0.25) is 0 Å². The summed E-state index contributed by atoms with van der Waals surface area (Å²) in [5.41, 5.74) is 3.88. The number of nitrogens with one attached hydrogen (secondary N) is 1. The number of fused-ring (bicyclic) bond motifs is 1. The van der Waals surface area contributed by atoms with E-state index in [1.807, 2.05) is 0 Å². The second-order valence-corrected chi connectivity index (χ2v) is 8.78. The smallest absolute Gasteiger partial charge is 0.260 e. The van der Waals surface area contributed by atoms with E-state index in [1.54, 1.807) is 48.7 Å². The average Bonchev–Trinajstić information content (AvgIpc) is 3.12. The number of amides is 1. The van der Waals surface area contributed by atoms with Crippen molar-refractivity contribution in [2.24, 2.45) is 0 Å². The Bertz CT molecular complexity index is 984. The monoisotopic (exact) mass is 428 g/mol. The van der Waals surface area contributed by atoms with Gasteiger partial charge in [0.25, 0.3) is 5.91 Å². The Kier molecular flexibility index (Phi) is 6.95. The highest BCUT2D eigenvalue weighted by Crippen LogP contribution is 2.32. The molecule has 0 atom stereocenters. The Balaban J connectivity index is 2.01. The molecule has 0 bridgehead atoms. The van der Waals surface area contributed by atoms with E-state index in [9.17, 15) is 4.79 Å². The summed E-state index contributed by atoms with van der Waals surface area (Å²) in [6.07, 6.45) is 0.878. The van der Waals surface area contributed by atoms with Crippen molar-refractivity contribution in [1.82, 2.24) is 4.98 Å². The normalized spacial score (nSPS) is 11.2. The highest BCUT2D eigenvalue weighted by molar-refractivity contribution is 7.22. The number of hydrogen-bond acceptors (Lipinski definition) is 5. The summed E-state index contributed by atoms with van der Waals surface area (Å²) in [4.78, 5) is 21.5. The SMILES string of the molecule is COc1cc(OC)cc(C(=O)N(CCC[NH+](C)C)c2nc3cc(C)c(C)cc3s2)c1. The van der Waals surface area contributed by atoms with E-state index in [4.69, 9.17) is 14.5 Å². The molecule has 7 heteroatoms. The maximum atomic E-state index is 13.5. The van der Waals surface area contributed by atoms with Crippen molar-refractivity contribution in [2.75, 3.05) is 46.3 Å². The van der Waals surface area contributed by atoms with Gasteiger partial charge in [0, 0.05) is 24.6 Å². The summed E-state index contributed by atoms with van der Waals surface area (Å²) in [6.45, 7) is 5.74. The first-order chi connectivity index (χ1) is 14.3. The zero-order valence-corrected chi connectivity index (χ0v) is 19.4. The van der Waals surface area contributed by atoms with Crippen LogP contribution in [0.1, 0.15) is 27.9 Å². The molecule has 0 saturated carbocycles. The number of nitrogens with zero attached hydrogens (tertiary/aromatic N) is 2. The van der Waals surface area contributed by atoms with E-state index in [1.165, 1.54) is 16.0 Å². The van der Waals surface area contributed by atoms with Crippen molar-refractivity contribution in [1.29, 1.82) is 0 Å². The van der Waals surface area contributed by atoms with Gasteiger partial charge in [-0.05, 0) is 49.2 Å². The van der Waals surface area contributed by atoms with Gasteiger partial charge in [0.1, 0.15) is 11.5 Å². The third-order valence-electron chi connectivity index (χ3n) is 5.13. The van der Waals surface area contributed by atoms with Crippen molar-refractivity contribution in [3.05, 3.63) is 47.0 Å². The quantitative estimate of drug-likeness (QED) is 0.599. The number of rotatable bonds is 8. The molecule has 0 radical (unpaired) electrons. The van der Waals surface area contributed by atoms with E-state index in [0.717, 1.165) is 28.3 Å². The van der Waals surface area contributed by atoms with Gasteiger partial charge in [-0.1, -0.05) is 11.3 Å². The summed E-state index contributed by atoms with van der Waals surface area (Å²) in [5.74, 6) is 1.07. The highest BCUT2D eigenvalue weighted by atomic mass is 32.1. The van der Waals surface area contributed by atoms with Crippen LogP contribution in [0.4, 0.5) is 5.13 Å². The van der Waals surface area contributed by atoms with Crippen molar-refractivity contribution in [3.8, 4) is 11.5 Å². The molecule has 160 valence electrons. The van der Waals surface area contributed by atoms with Gasteiger partial charge in [-0.2, -0.15) is 0 Å². The van der Waals surface area contributed by atoms with Gasteiger partial charge in [-0.15, -0.1) is 0 Å². The highest BCUT2D eigenvalue weighted by Gasteiger charge is 2.23. The molecule has 1 aromatic heterocycles. The van der Waals surface area contributed by atoms with E-state index in [0.29, 0.717) is 23.6 Å². The number of anilines is 1. The fourth-order valence-electron chi connectivity index (χ4n) is 3.24. The molecular formula is C23H30N3O3S+. The Morgan fingerprint density at radius 3 is 2.27 bits per heavy atom. The molecular weight excluding hydrogens is 398 g/mol. The maximum Gasteiger partial charge on any atom is 0.260 e. The lowest BCUT2D eigenvalue weighted by Crippen LogP contribution is -3.05. The Labute approximate surface area is 182 Å². The first kappa shape index (κ1) is 22.1. The molecule has 0 saturated heterocycles. The largest absolute Gasteiger partial charge is 0.497 e. The van der Waals surface area contributed by atoms with Crippen molar-refractivity contribution in [2.45, 2.75) is 20.3 Å². The molecule has 0 aliphatic heterocycles. The molecule has 3 aromatic rings. The lowest BCUT2D eigenvalue weighted by atomic mass is 10.1. The second-order valence-electron chi connectivity index (χ2n) is 7.77. The van der Waals surface area contributed by atoms with E-state index >= 15 is 0 Å². The Morgan fingerprint density at radius 2 is 1.67 bits per heavy atom. The Hall–Kier alpha value is -2.64. The fraction of sp³-hybridized carbons (Fsp3) is 0.391. The number of aryl methyl sites for hydroxylation is 2. The number of thiazole rings is 1. The van der Waals surface area contributed by atoms with Crippen LogP contribution in [0.25, 0.3) is 10.2 Å². The average molecular weight is 429 g/mol. The Morgan fingerprint density at radius 1 is 1.03 bits per heavy atom. The van der Waals surface area contributed by atoms with Crippen molar-refractivity contribution in [3.63, 3.8) is 0 Å². The van der Waals surface area contributed by atoms with Crippen LogP contribution >= 0.6 is 11.3 Å². The molecule has 1 N–H and O–H groups in total. The fourth-order valence-corrected chi connectivity index (χ4v) is 4.31. The van der Waals surface area contributed by atoms with Gasteiger partial charge in [0.05, 0.1) is 45.1 Å². The van der Waals surface area contributed by atoms with Gasteiger partial charge in [0.15, 0.2) is 5.13 Å². The minimum absolute atomic E-state index is 0.103. The van der Waals surface area contributed by atoms with Gasteiger partial charge < -0.3 is 14.4 Å². The molecule has 1 amide bonds. The third kappa shape index (κ3) is 4.91. The molecule has 6 nitrogen and oxygen atoms in total. The van der Waals surface area contributed by atoms with E-state index < -0.39 is 0 Å². The predicted octanol–water partition coefficient (Wildman–Crippen LogP) is 3.11. The van der Waals surface area contributed by atoms with Crippen LogP contribution in [0.2, 0.25) is 0 Å². The van der Waals surface area contributed by atoms with Crippen LogP contribution in [0.15, 0.2) is 30.3 Å². The molecule has 3 rings (SSSR count). The van der Waals surface area contributed by atoms with Gasteiger partial charge in [-0.3, -0.25) is 9.69 Å². The number of aromatic nitrogens is 1. The first-order valence-electron chi connectivity index (χ1n) is 10.0. The number of methoxy groups -OCH3 is 2. The topological polar surface area (TPSA) is 56.1 Å². The molecule has 0 aliphatic rings.